The summed E-state index contributed by atoms with van der Waals surface area (Å²) in [6, 6.07) is 0. The zero-order valence-corrected chi connectivity index (χ0v) is 5.67. The van der Waals surface area contributed by atoms with Crippen molar-refractivity contribution in [3.63, 3.8) is 0 Å². The first-order chi connectivity index (χ1) is 4.70. The molecule has 10 heavy (non-hydrogen) atoms. The smallest absolute Gasteiger partial charge is 0.223 e. The van der Waals surface area contributed by atoms with E-state index in [1.54, 1.807) is 4.90 Å². The van der Waals surface area contributed by atoms with Crippen LogP contribution >= 0.6 is 0 Å². The molecule has 4 heteroatoms. The predicted molar refractivity (Wildman–Crippen MR) is 35.0 cm³/mol. The van der Waals surface area contributed by atoms with Gasteiger partial charge >= 0.3 is 0 Å². The van der Waals surface area contributed by atoms with Crippen molar-refractivity contribution in [2.75, 3.05) is 13.1 Å². The number of nitrogens with two attached hydrogens (primary N) is 1. The molecule has 0 aromatic rings. The summed E-state index contributed by atoms with van der Waals surface area (Å²) >= 11 is 0. The van der Waals surface area contributed by atoms with Gasteiger partial charge in [-0.2, -0.15) is 0 Å². The molecular weight excluding hydrogens is 132 g/mol. The summed E-state index contributed by atoms with van der Waals surface area (Å²) in [4.78, 5) is 22.7. The quantitative estimate of drug-likeness (QED) is 0.519. The van der Waals surface area contributed by atoms with Crippen LogP contribution in [0.5, 0.6) is 0 Å². The molecular formula is C6H10N2O2. The van der Waals surface area contributed by atoms with E-state index in [1.165, 1.54) is 0 Å². The average molecular weight is 142 g/mol. The molecule has 56 valence electrons. The highest BCUT2D eigenvalue weighted by Crippen LogP contribution is 2.06. The third-order valence-corrected chi connectivity index (χ3v) is 1.39. The Bertz CT molecular complexity index is 163. The first-order valence-electron chi connectivity index (χ1n) is 3.26. The van der Waals surface area contributed by atoms with Crippen LogP contribution in [-0.4, -0.2) is 29.8 Å². The van der Waals surface area contributed by atoms with E-state index >= 15 is 0 Å². The summed E-state index contributed by atoms with van der Waals surface area (Å²) in [7, 11) is 0. The van der Waals surface area contributed by atoms with Crippen molar-refractivity contribution in [2.45, 2.75) is 12.8 Å². The molecule has 1 aliphatic heterocycles. The SMILES string of the molecule is NC(=O)CCC(=O)N1CC1. The topological polar surface area (TPSA) is 63.2 Å². The number of hydrogen-bond acceptors (Lipinski definition) is 2. The molecule has 1 aliphatic rings. The minimum absolute atomic E-state index is 0.0406. The molecule has 1 fully saturated rings. The maximum Gasteiger partial charge on any atom is 0.223 e. The van der Waals surface area contributed by atoms with Gasteiger partial charge in [-0.05, 0) is 0 Å². The van der Waals surface area contributed by atoms with Gasteiger partial charge in [0.2, 0.25) is 11.8 Å². The Balaban J connectivity index is 2.12. The van der Waals surface area contributed by atoms with Crippen LogP contribution < -0.4 is 5.73 Å². The molecule has 1 rings (SSSR count). The minimum Gasteiger partial charge on any atom is -0.370 e. The third-order valence-electron chi connectivity index (χ3n) is 1.39. The minimum atomic E-state index is -0.407. The molecule has 0 saturated carbocycles. The van der Waals surface area contributed by atoms with E-state index in [0.717, 1.165) is 13.1 Å². The summed E-state index contributed by atoms with van der Waals surface area (Å²) < 4.78 is 0. The fourth-order valence-electron chi connectivity index (χ4n) is 0.688. The monoisotopic (exact) mass is 142 g/mol. The summed E-state index contributed by atoms with van der Waals surface area (Å²) in [6.45, 7) is 1.69. The van der Waals surface area contributed by atoms with Gasteiger partial charge in [-0.25, -0.2) is 0 Å². The van der Waals surface area contributed by atoms with Crippen molar-refractivity contribution in [1.29, 1.82) is 0 Å². The highest BCUT2D eigenvalue weighted by Gasteiger charge is 2.23. The molecule has 4 nitrogen and oxygen atoms in total. The molecule has 1 saturated heterocycles. The Kier molecular flexibility index (Phi) is 1.89. The molecule has 0 atom stereocenters. The number of carbonyl (C=O) groups is 2. The van der Waals surface area contributed by atoms with Crippen LogP contribution in [0.15, 0.2) is 0 Å². The normalized spacial score (nSPS) is 15.0. The maximum absolute atomic E-state index is 10.8. The van der Waals surface area contributed by atoms with E-state index in [0.29, 0.717) is 0 Å². The van der Waals surface area contributed by atoms with Crippen LogP contribution in [0, 0.1) is 0 Å². The Morgan fingerprint density at radius 1 is 1.30 bits per heavy atom. The Morgan fingerprint density at radius 3 is 2.30 bits per heavy atom. The van der Waals surface area contributed by atoms with Gasteiger partial charge in [0.15, 0.2) is 0 Å². The zero-order valence-electron chi connectivity index (χ0n) is 5.67. The van der Waals surface area contributed by atoms with Crippen LogP contribution in [0.1, 0.15) is 12.8 Å². The van der Waals surface area contributed by atoms with Gasteiger partial charge in [0.05, 0.1) is 0 Å². The molecule has 0 radical (unpaired) electrons. The number of rotatable bonds is 3. The molecule has 0 unspecified atom stereocenters. The Hall–Kier alpha value is -1.06. The summed E-state index contributed by atoms with van der Waals surface area (Å²) in [5.41, 5.74) is 4.85. The molecule has 0 aromatic heterocycles. The standard InChI is InChI=1S/C6H10N2O2/c7-5(9)1-2-6(10)8-3-4-8/h1-4H2,(H2,7,9). The van der Waals surface area contributed by atoms with E-state index in [9.17, 15) is 9.59 Å². The molecule has 1 heterocycles. The number of primary amides is 1. The predicted octanol–water partition coefficient (Wildman–Crippen LogP) is -0.906. The lowest BCUT2D eigenvalue weighted by Crippen LogP contribution is -2.16. The van der Waals surface area contributed by atoms with Crippen LogP contribution in [0.3, 0.4) is 0 Å². The first-order valence-corrected chi connectivity index (χ1v) is 3.26. The highest BCUT2D eigenvalue weighted by atomic mass is 16.2. The average Bonchev–Trinajstić information content (AvgIpc) is 2.63. The Morgan fingerprint density at radius 2 is 1.90 bits per heavy atom. The van der Waals surface area contributed by atoms with E-state index in [2.05, 4.69) is 0 Å². The maximum atomic E-state index is 10.8. The van der Waals surface area contributed by atoms with Crippen LogP contribution in [0.2, 0.25) is 0 Å². The number of carbonyl (C=O) groups excluding carboxylic acids is 2. The van der Waals surface area contributed by atoms with E-state index in [1.807, 2.05) is 0 Å². The van der Waals surface area contributed by atoms with E-state index in [-0.39, 0.29) is 18.7 Å². The highest BCUT2D eigenvalue weighted by molar-refractivity contribution is 5.83. The number of hydrogen-bond donors (Lipinski definition) is 1. The van der Waals surface area contributed by atoms with Gasteiger partial charge < -0.3 is 10.6 Å². The first kappa shape index (κ1) is 7.05. The fourth-order valence-corrected chi connectivity index (χ4v) is 0.688. The fraction of sp³-hybridized carbons (Fsp3) is 0.667. The second-order valence-corrected chi connectivity index (χ2v) is 2.35. The van der Waals surface area contributed by atoms with Gasteiger partial charge in [0, 0.05) is 25.9 Å². The number of nitrogens with zero attached hydrogens (tertiary/aromatic N) is 1. The Labute approximate surface area is 59.0 Å². The lowest BCUT2D eigenvalue weighted by atomic mass is 10.3. The van der Waals surface area contributed by atoms with Gasteiger partial charge in [0.25, 0.3) is 0 Å². The van der Waals surface area contributed by atoms with Crippen LogP contribution in [0.4, 0.5) is 0 Å². The van der Waals surface area contributed by atoms with Crippen LogP contribution in [-0.2, 0) is 9.59 Å². The molecule has 2 amide bonds. The largest absolute Gasteiger partial charge is 0.370 e. The summed E-state index contributed by atoms with van der Waals surface area (Å²) in [6.07, 6.45) is 0.449. The summed E-state index contributed by atoms with van der Waals surface area (Å²) in [5, 5.41) is 0. The van der Waals surface area contributed by atoms with Crippen LogP contribution in [0.25, 0.3) is 0 Å². The second-order valence-electron chi connectivity index (χ2n) is 2.35. The van der Waals surface area contributed by atoms with Gasteiger partial charge in [-0.15, -0.1) is 0 Å². The van der Waals surface area contributed by atoms with Gasteiger partial charge in [0.1, 0.15) is 0 Å². The van der Waals surface area contributed by atoms with E-state index in [4.69, 9.17) is 5.73 Å². The molecule has 0 aromatic carbocycles. The van der Waals surface area contributed by atoms with Crippen molar-refractivity contribution in [1.82, 2.24) is 4.90 Å². The number of amides is 2. The van der Waals surface area contributed by atoms with E-state index < -0.39 is 5.91 Å². The second kappa shape index (κ2) is 2.68. The van der Waals surface area contributed by atoms with Crippen molar-refractivity contribution in [3.8, 4) is 0 Å². The van der Waals surface area contributed by atoms with Crippen molar-refractivity contribution in [3.05, 3.63) is 0 Å². The molecule has 2 N–H and O–H groups in total. The van der Waals surface area contributed by atoms with Gasteiger partial charge in [-0.1, -0.05) is 0 Å². The lowest BCUT2D eigenvalue weighted by molar-refractivity contribution is -0.128. The lowest BCUT2D eigenvalue weighted by Gasteiger charge is -1.96. The molecule has 0 spiro atoms. The van der Waals surface area contributed by atoms with Crippen molar-refractivity contribution in [2.24, 2.45) is 5.73 Å². The van der Waals surface area contributed by atoms with Crippen molar-refractivity contribution >= 4 is 11.8 Å². The van der Waals surface area contributed by atoms with Crippen molar-refractivity contribution < 1.29 is 9.59 Å². The van der Waals surface area contributed by atoms with Gasteiger partial charge in [-0.3, -0.25) is 9.59 Å². The zero-order chi connectivity index (χ0) is 7.56. The molecule has 0 aliphatic carbocycles. The molecule has 0 bridgehead atoms. The third kappa shape index (κ3) is 2.05. The summed E-state index contributed by atoms with van der Waals surface area (Å²) in [5.74, 6) is -0.367.